The third kappa shape index (κ3) is 4.68. The summed E-state index contributed by atoms with van der Waals surface area (Å²) in [6.07, 6.45) is 0.749. The molecule has 0 aliphatic heterocycles. The Morgan fingerprint density at radius 3 is 2.21 bits per heavy atom. The van der Waals surface area contributed by atoms with Crippen LogP contribution in [0.25, 0.3) is 21.9 Å². The van der Waals surface area contributed by atoms with Gasteiger partial charge in [0.05, 0.1) is 0 Å². The van der Waals surface area contributed by atoms with Gasteiger partial charge in [0.1, 0.15) is 0 Å². The van der Waals surface area contributed by atoms with E-state index >= 15 is 8.78 Å². The van der Waals surface area contributed by atoms with Crippen molar-refractivity contribution < 1.29 is 22.0 Å². The van der Waals surface area contributed by atoms with Gasteiger partial charge in [-0.05, 0) is 41.0 Å². The van der Waals surface area contributed by atoms with Crippen molar-refractivity contribution in [2.75, 3.05) is 0 Å². The lowest BCUT2D eigenvalue weighted by atomic mass is 9.87. The van der Waals surface area contributed by atoms with E-state index in [1.54, 1.807) is 24.3 Å². The van der Waals surface area contributed by atoms with Crippen LogP contribution in [0.3, 0.4) is 0 Å². The molecule has 0 radical (unpaired) electrons. The molecule has 0 bridgehead atoms. The van der Waals surface area contributed by atoms with Crippen molar-refractivity contribution in [3.05, 3.63) is 107 Å². The fraction of sp³-hybridized carbons (Fsp3) is 0.172. The second kappa shape index (κ2) is 9.69. The SMILES string of the molecule is CCCCC(F)(F)c1ccccc1-c1c(C#Cc2cc(F)c(F)c(F)c2)ccc2ccccc12. The number of fused-ring (bicyclic) bond motifs is 1. The molecule has 0 saturated carbocycles. The van der Waals surface area contributed by atoms with Crippen LogP contribution in [-0.4, -0.2) is 0 Å². The van der Waals surface area contributed by atoms with Crippen molar-refractivity contribution in [1.82, 2.24) is 0 Å². The summed E-state index contributed by atoms with van der Waals surface area (Å²) < 4.78 is 71.1. The van der Waals surface area contributed by atoms with Crippen LogP contribution in [0, 0.1) is 29.3 Å². The molecule has 34 heavy (non-hydrogen) atoms. The Bertz CT molecular complexity index is 1390. The second-order valence-electron chi connectivity index (χ2n) is 8.07. The summed E-state index contributed by atoms with van der Waals surface area (Å²) in [4.78, 5) is 0. The van der Waals surface area contributed by atoms with Crippen LogP contribution >= 0.6 is 0 Å². The summed E-state index contributed by atoms with van der Waals surface area (Å²) in [5.41, 5.74) is 1.13. The Labute approximate surface area is 195 Å². The third-order valence-corrected chi connectivity index (χ3v) is 5.69. The lowest BCUT2D eigenvalue weighted by molar-refractivity contribution is -0.0148. The molecule has 0 aromatic heterocycles. The van der Waals surface area contributed by atoms with Gasteiger partial charge in [0.25, 0.3) is 5.92 Å². The van der Waals surface area contributed by atoms with Crippen molar-refractivity contribution in [2.45, 2.75) is 32.1 Å². The van der Waals surface area contributed by atoms with Gasteiger partial charge in [-0.1, -0.05) is 79.8 Å². The highest BCUT2D eigenvalue weighted by atomic mass is 19.3. The number of unbranched alkanes of at least 4 members (excludes halogenated alkanes) is 1. The fourth-order valence-corrected chi connectivity index (χ4v) is 3.99. The van der Waals surface area contributed by atoms with Gasteiger partial charge in [-0.2, -0.15) is 0 Å². The smallest absolute Gasteiger partial charge is 0.204 e. The molecule has 0 nitrogen and oxygen atoms in total. The lowest BCUT2D eigenvalue weighted by Crippen LogP contribution is -2.14. The maximum atomic E-state index is 15.2. The van der Waals surface area contributed by atoms with Gasteiger partial charge in [0.15, 0.2) is 17.5 Å². The summed E-state index contributed by atoms with van der Waals surface area (Å²) in [7, 11) is 0. The summed E-state index contributed by atoms with van der Waals surface area (Å²) in [6, 6.07) is 18.8. The third-order valence-electron chi connectivity index (χ3n) is 5.69. The molecule has 0 spiro atoms. The molecule has 0 aliphatic rings. The second-order valence-corrected chi connectivity index (χ2v) is 8.07. The average molecular weight is 464 g/mol. The molecule has 5 heteroatoms. The van der Waals surface area contributed by atoms with Gasteiger partial charge in [-0.3, -0.25) is 0 Å². The van der Waals surface area contributed by atoms with E-state index in [1.165, 1.54) is 6.07 Å². The first-order valence-electron chi connectivity index (χ1n) is 11.0. The van der Waals surface area contributed by atoms with E-state index in [0.717, 1.165) is 22.9 Å². The van der Waals surface area contributed by atoms with Crippen molar-refractivity contribution in [2.24, 2.45) is 0 Å². The zero-order chi connectivity index (χ0) is 24.3. The van der Waals surface area contributed by atoms with Crippen molar-refractivity contribution in [3.63, 3.8) is 0 Å². The molecule has 0 saturated heterocycles. The Morgan fingerprint density at radius 2 is 1.47 bits per heavy atom. The number of halogens is 5. The van der Waals surface area contributed by atoms with Crippen molar-refractivity contribution in [1.29, 1.82) is 0 Å². The van der Waals surface area contributed by atoms with Crippen molar-refractivity contribution >= 4 is 10.8 Å². The molecule has 4 rings (SSSR count). The largest absolute Gasteiger partial charge is 0.273 e. The van der Waals surface area contributed by atoms with Crippen LogP contribution in [0.15, 0.2) is 72.8 Å². The van der Waals surface area contributed by atoms with E-state index in [9.17, 15) is 13.2 Å². The van der Waals surface area contributed by atoms with E-state index in [-0.39, 0.29) is 17.5 Å². The van der Waals surface area contributed by atoms with E-state index in [0.29, 0.717) is 29.5 Å². The number of alkyl halides is 2. The Morgan fingerprint density at radius 1 is 0.794 bits per heavy atom. The van der Waals surface area contributed by atoms with Gasteiger partial charge in [-0.15, -0.1) is 0 Å². The zero-order valence-corrected chi connectivity index (χ0v) is 18.4. The monoisotopic (exact) mass is 464 g/mol. The van der Waals surface area contributed by atoms with E-state index in [4.69, 9.17) is 0 Å². The average Bonchev–Trinajstić information content (AvgIpc) is 2.84. The Kier molecular flexibility index (Phi) is 6.70. The highest BCUT2D eigenvalue weighted by molar-refractivity contribution is 6.00. The fourth-order valence-electron chi connectivity index (χ4n) is 3.99. The first-order valence-corrected chi connectivity index (χ1v) is 11.0. The highest BCUT2D eigenvalue weighted by Gasteiger charge is 2.33. The molecule has 0 fully saturated rings. The maximum Gasteiger partial charge on any atom is 0.273 e. The minimum absolute atomic E-state index is 0.0583. The van der Waals surface area contributed by atoms with Crippen LogP contribution in [0.4, 0.5) is 22.0 Å². The maximum absolute atomic E-state index is 15.2. The van der Waals surface area contributed by atoms with Gasteiger partial charge in [-0.25, -0.2) is 22.0 Å². The summed E-state index contributed by atoms with van der Waals surface area (Å²) in [5, 5.41) is 1.57. The Hall–Kier alpha value is -3.65. The minimum Gasteiger partial charge on any atom is -0.204 e. The van der Waals surface area contributed by atoms with Gasteiger partial charge in [0, 0.05) is 28.7 Å². The van der Waals surface area contributed by atoms with E-state index in [2.05, 4.69) is 11.8 Å². The number of hydrogen-bond acceptors (Lipinski definition) is 0. The zero-order valence-electron chi connectivity index (χ0n) is 18.4. The predicted octanol–water partition coefficient (Wildman–Crippen LogP) is 8.61. The van der Waals surface area contributed by atoms with Crippen LogP contribution in [0.1, 0.15) is 42.9 Å². The number of hydrogen-bond donors (Lipinski definition) is 0. The van der Waals surface area contributed by atoms with E-state index in [1.807, 2.05) is 37.3 Å². The quantitative estimate of drug-likeness (QED) is 0.158. The van der Waals surface area contributed by atoms with Crippen LogP contribution in [-0.2, 0) is 5.92 Å². The molecule has 0 N–H and O–H groups in total. The molecular formula is C29H21F5. The van der Waals surface area contributed by atoms with Crippen LogP contribution < -0.4 is 0 Å². The molecule has 0 aliphatic carbocycles. The summed E-state index contributed by atoms with van der Waals surface area (Å²) in [6.45, 7) is 1.86. The van der Waals surface area contributed by atoms with Gasteiger partial charge >= 0.3 is 0 Å². The predicted molar refractivity (Wildman–Crippen MR) is 125 cm³/mol. The summed E-state index contributed by atoms with van der Waals surface area (Å²) >= 11 is 0. The number of rotatable bonds is 5. The first-order chi connectivity index (χ1) is 16.3. The lowest BCUT2D eigenvalue weighted by Gasteiger charge is -2.21. The molecule has 0 atom stereocenters. The van der Waals surface area contributed by atoms with Gasteiger partial charge < -0.3 is 0 Å². The van der Waals surface area contributed by atoms with E-state index < -0.39 is 23.4 Å². The minimum atomic E-state index is -3.04. The molecular weight excluding hydrogens is 443 g/mol. The molecule has 172 valence electrons. The van der Waals surface area contributed by atoms with Gasteiger partial charge in [0.2, 0.25) is 0 Å². The topological polar surface area (TPSA) is 0 Å². The number of benzene rings is 4. The summed E-state index contributed by atoms with van der Waals surface area (Å²) in [5.74, 6) is -1.78. The Balaban J connectivity index is 1.94. The first kappa shape index (κ1) is 23.5. The standard InChI is InChI=1S/C29H21F5/c1-2-3-16-29(33,34)24-11-7-6-10-23(24)27-21(15-14-20-8-4-5-9-22(20)27)13-12-19-17-25(30)28(32)26(31)18-19/h4-11,14-15,17-18H,2-3,16H2,1H3. The normalized spacial score (nSPS) is 11.4. The molecule has 0 heterocycles. The molecule has 4 aromatic carbocycles. The van der Waals surface area contributed by atoms with Crippen LogP contribution in [0.5, 0.6) is 0 Å². The van der Waals surface area contributed by atoms with Crippen LogP contribution in [0.2, 0.25) is 0 Å². The highest BCUT2D eigenvalue weighted by Crippen LogP contribution is 2.42. The molecule has 0 amide bonds. The molecule has 4 aromatic rings. The van der Waals surface area contributed by atoms with Crippen molar-refractivity contribution in [3.8, 4) is 23.0 Å². The molecule has 0 unspecified atom stereocenters.